The minimum Gasteiger partial charge on any atom is -0.479 e. The van der Waals surface area contributed by atoms with Crippen LogP contribution < -0.4 is 5.32 Å². The van der Waals surface area contributed by atoms with Gasteiger partial charge in [-0.15, -0.1) is 0 Å². The van der Waals surface area contributed by atoms with E-state index in [1.807, 2.05) is 0 Å². The Balaban J connectivity index is 3.14. The maximum Gasteiger partial charge on any atom is 0.333 e. The van der Waals surface area contributed by atoms with E-state index in [2.05, 4.69) is 5.32 Å². The quantitative estimate of drug-likeness (QED) is 0.764. The van der Waals surface area contributed by atoms with E-state index in [1.165, 1.54) is 6.92 Å². The van der Waals surface area contributed by atoms with E-state index < -0.39 is 11.5 Å². The van der Waals surface area contributed by atoms with E-state index in [0.717, 1.165) is 0 Å². The fraction of sp³-hybridized carbons (Fsp3) is 0.200. The van der Waals surface area contributed by atoms with Crippen molar-refractivity contribution in [3.8, 4) is 0 Å². The van der Waals surface area contributed by atoms with Crippen LogP contribution in [-0.4, -0.2) is 17.5 Å². The molecule has 0 aliphatic rings. The molecule has 0 saturated heterocycles. The Kier molecular flexibility index (Phi) is 3.31. The molecule has 5 heteroatoms. The maximum atomic E-state index is 11.0. The lowest BCUT2D eigenvalue weighted by atomic mass is 9.92. The van der Waals surface area contributed by atoms with Crippen LogP contribution >= 0.6 is 11.6 Å². The summed E-state index contributed by atoms with van der Waals surface area (Å²) in [5, 5.41) is 11.8. The number of hydrogen-bond donors (Lipinski definition) is 2. The molecule has 2 N–H and O–H groups in total. The van der Waals surface area contributed by atoms with Gasteiger partial charge in [-0.05, 0) is 24.6 Å². The maximum absolute atomic E-state index is 11.0. The number of carboxylic acid groups (broad SMARTS) is 1. The van der Waals surface area contributed by atoms with Crippen LogP contribution in [0.2, 0.25) is 5.02 Å². The molecule has 1 rings (SSSR count). The summed E-state index contributed by atoms with van der Waals surface area (Å²) in [6, 6.07) is 6.27. The lowest BCUT2D eigenvalue weighted by Gasteiger charge is -2.24. The summed E-state index contributed by atoms with van der Waals surface area (Å²) in [4.78, 5) is 21.4. The van der Waals surface area contributed by atoms with Gasteiger partial charge in [-0.1, -0.05) is 23.7 Å². The number of rotatable bonds is 4. The van der Waals surface area contributed by atoms with Crippen molar-refractivity contribution < 1.29 is 14.7 Å². The Bertz CT molecular complexity index is 377. The molecule has 80 valence electrons. The molecule has 0 saturated carbocycles. The van der Waals surface area contributed by atoms with Crippen LogP contribution in [0.1, 0.15) is 12.5 Å². The van der Waals surface area contributed by atoms with Crippen LogP contribution in [0.4, 0.5) is 0 Å². The third-order valence-electron chi connectivity index (χ3n) is 2.20. The van der Waals surface area contributed by atoms with Gasteiger partial charge in [-0.25, -0.2) is 4.79 Å². The highest BCUT2D eigenvalue weighted by Crippen LogP contribution is 2.22. The molecule has 1 aromatic rings. The van der Waals surface area contributed by atoms with Crippen LogP contribution in [0.15, 0.2) is 24.3 Å². The summed E-state index contributed by atoms with van der Waals surface area (Å²) in [6.45, 7) is 1.41. The normalized spacial score (nSPS) is 14.0. The highest BCUT2D eigenvalue weighted by molar-refractivity contribution is 6.30. The molecule has 1 amide bonds. The van der Waals surface area contributed by atoms with Crippen LogP contribution in [0.3, 0.4) is 0 Å². The van der Waals surface area contributed by atoms with Gasteiger partial charge in [0.2, 0.25) is 6.41 Å². The van der Waals surface area contributed by atoms with E-state index in [4.69, 9.17) is 16.7 Å². The highest BCUT2D eigenvalue weighted by atomic mass is 35.5. The van der Waals surface area contributed by atoms with Gasteiger partial charge < -0.3 is 10.4 Å². The molecule has 0 radical (unpaired) electrons. The predicted octanol–water partition coefficient (Wildman–Crippen LogP) is 1.39. The van der Waals surface area contributed by atoms with Gasteiger partial charge in [0.05, 0.1) is 0 Å². The standard InChI is InChI=1S/C10H10ClNO3/c1-10(9(14)15,12-6-13)7-2-4-8(11)5-3-7/h2-6H,1H3,(H,12,13)(H,14,15). The minimum atomic E-state index is -1.42. The second kappa shape index (κ2) is 4.31. The molecule has 0 aliphatic carbocycles. The Morgan fingerprint density at radius 2 is 2.00 bits per heavy atom. The minimum absolute atomic E-state index is 0.364. The Morgan fingerprint density at radius 1 is 1.47 bits per heavy atom. The van der Waals surface area contributed by atoms with Crippen molar-refractivity contribution in [2.45, 2.75) is 12.5 Å². The molecule has 4 nitrogen and oxygen atoms in total. The number of aliphatic carboxylic acids is 1. The third kappa shape index (κ3) is 2.27. The number of halogens is 1. The summed E-state index contributed by atoms with van der Waals surface area (Å²) in [5.74, 6) is -1.13. The first-order valence-corrected chi connectivity index (χ1v) is 4.59. The van der Waals surface area contributed by atoms with Crippen molar-refractivity contribution in [1.82, 2.24) is 5.32 Å². The molecule has 0 heterocycles. The molecule has 0 spiro atoms. The van der Waals surface area contributed by atoms with Gasteiger partial charge >= 0.3 is 5.97 Å². The molecular formula is C10H10ClNO3. The Labute approximate surface area is 91.9 Å². The molecule has 0 bridgehead atoms. The Hall–Kier alpha value is -1.55. The summed E-state index contributed by atoms with van der Waals surface area (Å²) in [7, 11) is 0. The van der Waals surface area contributed by atoms with Gasteiger partial charge in [0, 0.05) is 5.02 Å². The predicted molar refractivity (Wildman–Crippen MR) is 55.6 cm³/mol. The van der Waals surface area contributed by atoms with Gasteiger partial charge in [0.1, 0.15) is 0 Å². The topological polar surface area (TPSA) is 66.4 Å². The molecule has 0 aromatic heterocycles. The summed E-state index contributed by atoms with van der Waals surface area (Å²) >= 11 is 5.68. The molecule has 0 fully saturated rings. The number of carbonyl (C=O) groups excluding carboxylic acids is 1. The smallest absolute Gasteiger partial charge is 0.333 e. The number of hydrogen-bond acceptors (Lipinski definition) is 2. The molecular weight excluding hydrogens is 218 g/mol. The Morgan fingerprint density at radius 3 is 2.40 bits per heavy atom. The molecule has 15 heavy (non-hydrogen) atoms. The third-order valence-corrected chi connectivity index (χ3v) is 2.45. The lowest BCUT2D eigenvalue weighted by Crippen LogP contribution is -2.45. The fourth-order valence-corrected chi connectivity index (χ4v) is 1.30. The molecule has 1 unspecified atom stereocenters. The van der Waals surface area contributed by atoms with Crippen molar-refractivity contribution in [1.29, 1.82) is 0 Å². The summed E-state index contributed by atoms with van der Waals surface area (Å²) in [6.07, 6.45) is 0.364. The van der Waals surface area contributed by atoms with Crippen molar-refractivity contribution in [2.24, 2.45) is 0 Å². The zero-order valence-corrected chi connectivity index (χ0v) is 8.78. The lowest BCUT2D eigenvalue weighted by molar-refractivity contribution is -0.145. The zero-order valence-electron chi connectivity index (χ0n) is 8.03. The second-order valence-electron chi connectivity index (χ2n) is 3.20. The largest absolute Gasteiger partial charge is 0.479 e. The van der Waals surface area contributed by atoms with E-state index in [-0.39, 0.29) is 0 Å². The number of amides is 1. The molecule has 1 aromatic carbocycles. The van der Waals surface area contributed by atoms with E-state index in [0.29, 0.717) is 17.0 Å². The van der Waals surface area contributed by atoms with Crippen molar-refractivity contribution >= 4 is 24.0 Å². The number of carbonyl (C=O) groups is 2. The van der Waals surface area contributed by atoms with E-state index in [9.17, 15) is 9.59 Å². The zero-order chi connectivity index (χ0) is 11.5. The highest BCUT2D eigenvalue weighted by Gasteiger charge is 2.34. The second-order valence-corrected chi connectivity index (χ2v) is 3.64. The monoisotopic (exact) mass is 227 g/mol. The van der Waals surface area contributed by atoms with Crippen LogP contribution in [0, 0.1) is 0 Å². The first kappa shape index (κ1) is 11.5. The van der Waals surface area contributed by atoms with E-state index >= 15 is 0 Å². The number of benzene rings is 1. The van der Waals surface area contributed by atoms with Crippen molar-refractivity contribution in [3.05, 3.63) is 34.9 Å². The first-order chi connectivity index (χ1) is 7.00. The van der Waals surface area contributed by atoms with Gasteiger partial charge in [0.15, 0.2) is 5.54 Å². The first-order valence-electron chi connectivity index (χ1n) is 4.21. The summed E-state index contributed by atoms with van der Waals surface area (Å²) in [5.41, 5.74) is -0.960. The van der Waals surface area contributed by atoms with Gasteiger partial charge in [0.25, 0.3) is 0 Å². The number of nitrogens with one attached hydrogen (secondary N) is 1. The number of carboxylic acids is 1. The van der Waals surface area contributed by atoms with Gasteiger partial charge in [-0.3, -0.25) is 4.79 Å². The average molecular weight is 228 g/mol. The average Bonchev–Trinajstić information content (AvgIpc) is 2.18. The summed E-state index contributed by atoms with van der Waals surface area (Å²) < 4.78 is 0. The van der Waals surface area contributed by atoms with Crippen molar-refractivity contribution in [2.75, 3.05) is 0 Å². The van der Waals surface area contributed by atoms with Crippen LogP contribution in [-0.2, 0) is 15.1 Å². The molecule has 0 aliphatic heterocycles. The van der Waals surface area contributed by atoms with Gasteiger partial charge in [-0.2, -0.15) is 0 Å². The van der Waals surface area contributed by atoms with Crippen LogP contribution in [0.5, 0.6) is 0 Å². The molecule has 1 atom stereocenters. The fourth-order valence-electron chi connectivity index (χ4n) is 1.17. The van der Waals surface area contributed by atoms with Crippen LogP contribution in [0.25, 0.3) is 0 Å². The van der Waals surface area contributed by atoms with Crippen molar-refractivity contribution in [3.63, 3.8) is 0 Å². The SMILES string of the molecule is CC(NC=O)(C(=O)O)c1ccc(Cl)cc1. The van der Waals surface area contributed by atoms with E-state index in [1.54, 1.807) is 24.3 Å².